The van der Waals surface area contributed by atoms with Crippen molar-refractivity contribution in [2.24, 2.45) is 0 Å². The molecule has 2 fully saturated rings. The van der Waals surface area contributed by atoms with Crippen molar-refractivity contribution in [1.82, 2.24) is 0 Å². The van der Waals surface area contributed by atoms with E-state index in [0.29, 0.717) is 0 Å². The summed E-state index contributed by atoms with van der Waals surface area (Å²) in [7, 11) is 0. The summed E-state index contributed by atoms with van der Waals surface area (Å²) in [5, 5.41) is 55.6. The number of aliphatic hydroxyl groups excluding tert-OH is 4. The van der Waals surface area contributed by atoms with Crippen LogP contribution in [0.4, 0.5) is 8.78 Å². The maximum absolute atomic E-state index is 14.0. The number of halogens is 2. The van der Waals surface area contributed by atoms with E-state index in [0.717, 1.165) is 0 Å². The van der Waals surface area contributed by atoms with E-state index in [4.69, 9.17) is 19.7 Å². The van der Waals surface area contributed by atoms with Crippen molar-refractivity contribution in [3.63, 3.8) is 0 Å². The molecule has 0 amide bonds. The van der Waals surface area contributed by atoms with Gasteiger partial charge in [0.1, 0.15) is 36.6 Å². The van der Waals surface area contributed by atoms with Gasteiger partial charge in [0.2, 0.25) is 0 Å². The van der Waals surface area contributed by atoms with Gasteiger partial charge in [-0.15, -0.1) is 0 Å². The minimum absolute atomic E-state index is 0.837. The zero-order chi connectivity index (χ0) is 15.3. The molecule has 2 saturated heterocycles. The molecule has 0 radical (unpaired) electrons. The van der Waals surface area contributed by atoms with Crippen LogP contribution in [0.15, 0.2) is 0 Å². The Morgan fingerprint density at radius 1 is 0.900 bits per heavy atom. The fourth-order valence-corrected chi connectivity index (χ4v) is 2.43. The molecule has 2 unspecified atom stereocenters. The summed E-state index contributed by atoms with van der Waals surface area (Å²) >= 11 is 0. The maximum Gasteiger partial charge on any atom is 0.264 e. The van der Waals surface area contributed by atoms with Crippen molar-refractivity contribution in [2.75, 3.05) is 13.2 Å². The third kappa shape index (κ3) is 2.12. The lowest BCUT2D eigenvalue weighted by Gasteiger charge is -2.28. The standard InChI is InChI=1S/C10H16F2O8/c11-9(17)4(2-14)20-5(7(9)16)8-10(12,18)6(15)3(1-13)19-8/h3-8,13-18H,1-2H2/t3-,4-,5?,6-,7+,8?,9-,10-/m1/s1. The molecule has 0 aromatic carbocycles. The highest BCUT2D eigenvalue weighted by Crippen LogP contribution is 2.42. The molecule has 8 atom stereocenters. The minimum atomic E-state index is -3.43. The fourth-order valence-electron chi connectivity index (χ4n) is 2.43. The van der Waals surface area contributed by atoms with E-state index < -0.39 is 61.5 Å². The largest absolute Gasteiger partial charge is 0.394 e. The normalized spacial score (nSPS) is 56.4. The zero-order valence-corrected chi connectivity index (χ0v) is 10.1. The van der Waals surface area contributed by atoms with Gasteiger partial charge in [-0.3, -0.25) is 0 Å². The van der Waals surface area contributed by atoms with Crippen molar-refractivity contribution in [3.8, 4) is 0 Å². The predicted molar refractivity (Wildman–Crippen MR) is 55.6 cm³/mol. The Bertz CT molecular complexity index is 365. The van der Waals surface area contributed by atoms with Crippen LogP contribution < -0.4 is 0 Å². The first-order valence-corrected chi connectivity index (χ1v) is 5.89. The van der Waals surface area contributed by atoms with E-state index in [1.165, 1.54) is 0 Å². The Hall–Kier alpha value is -0.460. The molecule has 2 aliphatic rings. The van der Waals surface area contributed by atoms with Crippen molar-refractivity contribution >= 4 is 0 Å². The quantitative estimate of drug-likeness (QED) is 0.316. The third-order valence-electron chi connectivity index (χ3n) is 3.63. The van der Waals surface area contributed by atoms with Gasteiger partial charge in [-0.1, -0.05) is 0 Å². The van der Waals surface area contributed by atoms with Gasteiger partial charge in [-0.2, -0.15) is 0 Å². The van der Waals surface area contributed by atoms with Gasteiger partial charge in [0.15, 0.2) is 0 Å². The van der Waals surface area contributed by atoms with Crippen LogP contribution in [0.3, 0.4) is 0 Å². The molecule has 118 valence electrons. The molecular formula is C10H16F2O8. The van der Waals surface area contributed by atoms with E-state index in [1.54, 1.807) is 0 Å². The number of rotatable bonds is 3. The first-order valence-electron chi connectivity index (χ1n) is 5.89. The first-order chi connectivity index (χ1) is 9.17. The summed E-state index contributed by atoms with van der Waals surface area (Å²) in [6.07, 6.45) is -11.8. The summed E-state index contributed by atoms with van der Waals surface area (Å²) < 4.78 is 37.3. The van der Waals surface area contributed by atoms with Crippen LogP contribution in [0.25, 0.3) is 0 Å². The Morgan fingerprint density at radius 2 is 1.50 bits per heavy atom. The Labute approximate surface area is 111 Å². The highest BCUT2D eigenvalue weighted by atomic mass is 19.2. The molecule has 8 nitrogen and oxygen atoms in total. The van der Waals surface area contributed by atoms with E-state index >= 15 is 0 Å². The third-order valence-corrected chi connectivity index (χ3v) is 3.63. The molecule has 0 bridgehead atoms. The second-order valence-electron chi connectivity index (χ2n) is 4.89. The van der Waals surface area contributed by atoms with Crippen molar-refractivity contribution in [3.05, 3.63) is 0 Å². The number of hydrogen-bond donors (Lipinski definition) is 6. The smallest absolute Gasteiger partial charge is 0.264 e. The van der Waals surface area contributed by atoms with Crippen LogP contribution in [0.1, 0.15) is 0 Å². The summed E-state index contributed by atoms with van der Waals surface area (Å²) in [5.41, 5.74) is 0. The lowest BCUT2D eigenvalue weighted by atomic mass is 9.96. The lowest BCUT2D eigenvalue weighted by molar-refractivity contribution is -0.211. The predicted octanol–water partition coefficient (Wildman–Crippen LogP) is -3.46. The highest BCUT2D eigenvalue weighted by Gasteiger charge is 2.67. The van der Waals surface area contributed by atoms with Crippen LogP contribution >= 0.6 is 0 Å². The molecule has 2 heterocycles. The fraction of sp³-hybridized carbons (Fsp3) is 1.00. The Morgan fingerprint density at radius 3 is 1.90 bits per heavy atom. The summed E-state index contributed by atoms with van der Waals surface area (Å²) in [5.74, 6) is -6.80. The topological polar surface area (TPSA) is 140 Å². The van der Waals surface area contributed by atoms with Crippen LogP contribution in [-0.2, 0) is 9.47 Å². The molecule has 0 aliphatic carbocycles. The van der Waals surface area contributed by atoms with Crippen molar-refractivity contribution < 1.29 is 48.9 Å². The average Bonchev–Trinajstić information content (AvgIpc) is 2.74. The molecule has 20 heavy (non-hydrogen) atoms. The minimum Gasteiger partial charge on any atom is -0.394 e. The number of ether oxygens (including phenoxy) is 2. The molecule has 2 aliphatic heterocycles. The van der Waals surface area contributed by atoms with E-state index in [1.807, 2.05) is 0 Å². The van der Waals surface area contributed by atoms with E-state index in [2.05, 4.69) is 0 Å². The molecular weight excluding hydrogens is 286 g/mol. The van der Waals surface area contributed by atoms with Crippen molar-refractivity contribution in [2.45, 2.75) is 48.3 Å². The molecule has 6 N–H and O–H groups in total. The molecule has 0 saturated carbocycles. The molecule has 2 rings (SSSR count). The second kappa shape index (κ2) is 5.07. The van der Waals surface area contributed by atoms with Gasteiger partial charge in [-0.05, 0) is 0 Å². The van der Waals surface area contributed by atoms with Gasteiger partial charge < -0.3 is 40.1 Å². The molecule has 10 heteroatoms. The zero-order valence-electron chi connectivity index (χ0n) is 10.1. The number of aliphatic hydroxyl groups is 6. The number of hydrogen-bond acceptors (Lipinski definition) is 8. The van der Waals surface area contributed by atoms with Gasteiger partial charge in [0, 0.05) is 0 Å². The van der Waals surface area contributed by atoms with Crippen molar-refractivity contribution in [1.29, 1.82) is 0 Å². The molecule has 0 aromatic rings. The lowest BCUT2D eigenvalue weighted by Crippen LogP contribution is -2.53. The summed E-state index contributed by atoms with van der Waals surface area (Å²) in [4.78, 5) is 0. The van der Waals surface area contributed by atoms with Gasteiger partial charge in [0.25, 0.3) is 11.7 Å². The maximum atomic E-state index is 14.0. The van der Waals surface area contributed by atoms with E-state index in [-0.39, 0.29) is 0 Å². The first kappa shape index (κ1) is 15.9. The van der Waals surface area contributed by atoms with Gasteiger partial charge in [0.05, 0.1) is 13.2 Å². The second-order valence-corrected chi connectivity index (χ2v) is 4.89. The number of alkyl halides is 2. The Balaban J connectivity index is 2.24. The van der Waals surface area contributed by atoms with Crippen LogP contribution in [-0.4, -0.2) is 92.2 Å². The molecule has 0 aromatic heterocycles. The highest BCUT2D eigenvalue weighted by molar-refractivity contribution is 5.07. The van der Waals surface area contributed by atoms with Gasteiger partial charge in [-0.25, -0.2) is 8.78 Å². The monoisotopic (exact) mass is 302 g/mol. The summed E-state index contributed by atoms with van der Waals surface area (Å²) in [6, 6.07) is 0. The van der Waals surface area contributed by atoms with Crippen LogP contribution in [0, 0.1) is 0 Å². The Kier molecular flexibility index (Phi) is 4.04. The van der Waals surface area contributed by atoms with Crippen LogP contribution in [0.2, 0.25) is 0 Å². The summed E-state index contributed by atoms with van der Waals surface area (Å²) in [6.45, 7) is -1.85. The SMILES string of the molecule is OC[C@H]1OC(C2O[C@H](CO)[C@](O)(F)[C@H]2O)[C@@](O)(F)[C@@H]1O. The van der Waals surface area contributed by atoms with Gasteiger partial charge >= 0.3 is 0 Å². The van der Waals surface area contributed by atoms with Crippen LogP contribution in [0.5, 0.6) is 0 Å². The average molecular weight is 302 g/mol. The molecule has 0 spiro atoms. The van der Waals surface area contributed by atoms with E-state index in [9.17, 15) is 29.2 Å².